The smallest absolute Gasteiger partial charge is 0.240 e. The van der Waals surface area contributed by atoms with Crippen LogP contribution in [0.25, 0.3) is 0 Å². The van der Waals surface area contributed by atoms with Crippen LogP contribution >= 0.6 is 11.6 Å². The first-order chi connectivity index (χ1) is 11.9. The monoisotopic (exact) mass is 390 g/mol. The van der Waals surface area contributed by atoms with Gasteiger partial charge in [-0.15, -0.1) is 0 Å². The highest BCUT2D eigenvalue weighted by molar-refractivity contribution is 7.92. The van der Waals surface area contributed by atoms with Crippen LogP contribution in [0, 0.1) is 0 Å². The summed E-state index contributed by atoms with van der Waals surface area (Å²) >= 11 is 5.92. The summed E-state index contributed by atoms with van der Waals surface area (Å²) in [7, 11) is -3.58. The number of nitrogens with zero attached hydrogens (tertiary/aromatic N) is 1. The molecule has 0 atom stereocenters. The number of hydrogen-bond acceptors (Lipinski definition) is 4. The predicted octanol–water partition coefficient (Wildman–Crippen LogP) is -0.473. The molecule has 7 nitrogen and oxygen atoms in total. The molecule has 1 saturated heterocycles. The van der Waals surface area contributed by atoms with Crippen LogP contribution in [0.15, 0.2) is 24.3 Å². The van der Waals surface area contributed by atoms with Gasteiger partial charge in [0.25, 0.3) is 0 Å². The summed E-state index contributed by atoms with van der Waals surface area (Å²) in [4.78, 5) is 13.6. The quantitative estimate of drug-likeness (QED) is 0.588. The number of halogens is 1. The second-order valence-corrected chi connectivity index (χ2v) is 8.41. The van der Waals surface area contributed by atoms with Gasteiger partial charge in [0.15, 0.2) is 0 Å². The summed E-state index contributed by atoms with van der Waals surface area (Å²) < 4.78 is 30.4. The lowest BCUT2D eigenvalue weighted by Gasteiger charge is -2.24. The molecule has 1 fully saturated rings. The van der Waals surface area contributed by atoms with Gasteiger partial charge >= 0.3 is 0 Å². The van der Waals surface area contributed by atoms with E-state index in [9.17, 15) is 13.2 Å². The van der Waals surface area contributed by atoms with Crippen molar-refractivity contribution in [1.82, 2.24) is 5.32 Å². The highest BCUT2D eigenvalue weighted by atomic mass is 35.5. The number of hydrogen-bond donors (Lipinski definition) is 2. The minimum atomic E-state index is -3.58. The molecular weight excluding hydrogens is 366 g/mol. The number of morpholine rings is 1. The van der Waals surface area contributed by atoms with Gasteiger partial charge in [-0.1, -0.05) is 17.7 Å². The van der Waals surface area contributed by atoms with Crippen LogP contribution in [-0.2, 0) is 19.6 Å². The Morgan fingerprint density at radius 3 is 2.72 bits per heavy atom. The summed E-state index contributed by atoms with van der Waals surface area (Å²) in [6.07, 6.45) is 1.92. The average molecular weight is 391 g/mol. The van der Waals surface area contributed by atoms with Crippen LogP contribution in [0.1, 0.15) is 6.42 Å². The highest BCUT2D eigenvalue weighted by Crippen LogP contribution is 2.21. The van der Waals surface area contributed by atoms with E-state index in [0.29, 0.717) is 17.3 Å². The van der Waals surface area contributed by atoms with Crippen LogP contribution in [-0.4, -0.2) is 66.5 Å². The molecule has 2 N–H and O–H groups in total. The third-order valence-electron chi connectivity index (χ3n) is 4.01. The number of amides is 1. The molecule has 1 amide bonds. The van der Waals surface area contributed by atoms with E-state index in [2.05, 4.69) is 5.32 Å². The number of ether oxygens (including phenoxy) is 1. The topological polar surface area (TPSA) is 80.2 Å². The molecule has 1 aliphatic heterocycles. The maximum Gasteiger partial charge on any atom is 0.240 e. The third kappa shape index (κ3) is 6.81. The second-order valence-electron chi connectivity index (χ2n) is 6.07. The number of anilines is 1. The maximum atomic E-state index is 12.1. The Kier molecular flexibility index (Phi) is 7.49. The van der Waals surface area contributed by atoms with Gasteiger partial charge in [0, 0.05) is 18.0 Å². The van der Waals surface area contributed by atoms with Crippen molar-refractivity contribution in [3.63, 3.8) is 0 Å². The predicted molar refractivity (Wildman–Crippen MR) is 97.7 cm³/mol. The van der Waals surface area contributed by atoms with E-state index in [0.717, 1.165) is 49.8 Å². The molecule has 1 aromatic carbocycles. The van der Waals surface area contributed by atoms with Crippen molar-refractivity contribution < 1.29 is 22.8 Å². The van der Waals surface area contributed by atoms with E-state index in [1.54, 1.807) is 18.2 Å². The molecular formula is C16H25ClN3O4S+. The maximum absolute atomic E-state index is 12.1. The van der Waals surface area contributed by atoms with Crippen molar-refractivity contribution in [2.45, 2.75) is 6.42 Å². The molecule has 25 heavy (non-hydrogen) atoms. The molecule has 0 aromatic heterocycles. The van der Waals surface area contributed by atoms with Crippen molar-refractivity contribution in [2.24, 2.45) is 0 Å². The lowest BCUT2D eigenvalue weighted by Crippen LogP contribution is -3.14. The molecule has 0 unspecified atom stereocenters. The second kappa shape index (κ2) is 9.38. The summed E-state index contributed by atoms with van der Waals surface area (Å²) in [6, 6.07) is 6.44. The van der Waals surface area contributed by atoms with E-state index >= 15 is 0 Å². The zero-order chi connectivity index (χ0) is 18.3. The van der Waals surface area contributed by atoms with Gasteiger partial charge in [-0.25, -0.2) is 8.42 Å². The molecule has 2 rings (SSSR count). The molecule has 1 aromatic rings. The zero-order valence-corrected chi connectivity index (χ0v) is 15.9. The van der Waals surface area contributed by atoms with Crippen molar-refractivity contribution in [2.75, 3.05) is 56.5 Å². The molecule has 0 bridgehead atoms. The van der Waals surface area contributed by atoms with Crippen LogP contribution in [0.2, 0.25) is 5.02 Å². The van der Waals surface area contributed by atoms with Crippen LogP contribution < -0.4 is 14.5 Å². The Hall–Kier alpha value is -1.35. The fourth-order valence-electron chi connectivity index (χ4n) is 2.69. The van der Waals surface area contributed by atoms with E-state index < -0.39 is 10.0 Å². The molecule has 0 radical (unpaired) electrons. The van der Waals surface area contributed by atoms with Gasteiger partial charge in [-0.05, 0) is 18.2 Å². The number of rotatable bonds is 8. The zero-order valence-electron chi connectivity index (χ0n) is 14.3. The molecule has 1 heterocycles. The van der Waals surface area contributed by atoms with E-state index in [1.807, 2.05) is 0 Å². The summed E-state index contributed by atoms with van der Waals surface area (Å²) in [5.74, 6) is -0.331. The van der Waals surface area contributed by atoms with Crippen molar-refractivity contribution in [3.8, 4) is 0 Å². The summed E-state index contributed by atoms with van der Waals surface area (Å²) in [6.45, 7) is 4.78. The number of carbonyl (C=O) groups is 1. The molecule has 9 heteroatoms. The number of carbonyl (C=O) groups excluding carboxylic acids is 1. The Balaban J connectivity index is 1.83. The Labute approximate surface area is 153 Å². The third-order valence-corrected chi connectivity index (χ3v) is 5.39. The Bertz CT molecular complexity index is 678. The van der Waals surface area contributed by atoms with E-state index in [1.165, 1.54) is 11.0 Å². The first-order valence-electron chi connectivity index (χ1n) is 8.27. The number of nitrogens with one attached hydrogen (secondary N) is 2. The number of quaternary nitrogens is 1. The van der Waals surface area contributed by atoms with Crippen molar-refractivity contribution in [1.29, 1.82) is 0 Å². The lowest BCUT2D eigenvalue weighted by atomic mass is 10.3. The van der Waals surface area contributed by atoms with Gasteiger partial charge in [0.1, 0.15) is 19.6 Å². The number of benzene rings is 1. The minimum Gasteiger partial charge on any atom is -0.370 e. The molecule has 0 spiro atoms. The van der Waals surface area contributed by atoms with Crippen molar-refractivity contribution in [3.05, 3.63) is 29.3 Å². The van der Waals surface area contributed by atoms with Gasteiger partial charge in [-0.2, -0.15) is 0 Å². The van der Waals surface area contributed by atoms with Crippen LogP contribution in [0.3, 0.4) is 0 Å². The van der Waals surface area contributed by atoms with E-state index in [-0.39, 0.29) is 12.5 Å². The Morgan fingerprint density at radius 2 is 2.08 bits per heavy atom. The van der Waals surface area contributed by atoms with Gasteiger partial charge in [0.2, 0.25) is 15.9 Å². The minimum absolute atomic E-state index is 0.260. The first-order valence-corrected chi connectivity index (χ1v) is 10.5. The van der Waals surface area contributed by atoms with E-state index in [4.69, 9.17) is 16.3 Å². The average Bonchev–Trinajstić information content (AvgIpc) is 2.56. The largest absolute Gasteiger partial charge is 0.370 e. The highest BCUT2D eigenvalue weighted by Gasteiger charge is 2.21. The normalized spacial score (nSPS) is 15.8. The van der Waals surface area contributed by atoms with Crippen LogP contribution in [0.5, 0.6) is 0 Å². The Morgan fingerprint density at radius 1 is 1.36 bits per heavy atom. The fourth-order valence-corrected chi connectivity index (χ4v) is 3.73. The summed E-state index contributed by atoms with van der Waals surface area (Å²) in [5, 5.41) is 3.20. The SMILES string of the molecule is CS(=O)(=O)N(CC(=O)NCCC[NH+]1CCOCC1)c1cccc(Cl)c1. The molecule has 140 valence electrons. The standard InChI is InChI=1S/C16H24ClN3O4S/c1-25(22,23)20(15-5-2-4-14(17)12-15)13-16(21)18-6-3-7-19-8-10-24-11-9-19/h2,4-5,12H,3,6-11,13H2,1H3,(H,18,21)/p+1. The first kappa shape index (κ1) is 20.0. The van der Waals surface area contributed by atoms with Crippen LogP contribution in [0.4, 0.5) is 5.69 Å². The molecule has 0 saturated carbocycles. The molecule has 1 aliphatic rings. The van der Waals surface area contributed by atoms with Gasteiger partial charge in [0.05, 0.1) is 31.7 Å². The van der Waals surface area contributed by atoms with Crippen molar-refractivity contribution >= 4 is 33.2 Å². The summed E-state index contributed by atoms with van der Waals surface area (Å²) in [5.41, 5.74) is 0.378. The number of sulfonamides is 1. The molecule has 0 aliphatic carbocycles. The van der Waals surface area contributed by atoms with Gasteiger partial charge in [-0.3, -0.25) is 9.10 Å². The van der Waals surface area contributed by atoms with Gasteiger partial charge < -0.3 is 15.0 Å². The lowest BCUT2D eigenvalue weighted by molar-refractivity contribution is -0.908. The fraction of sp³-hybridized carbons (Fsp3) is 0.562.